The Bertz CT molecular complexity index is 574. The van der Waals surface area contributed by atoms with Gasteiger partial charge in [-0.3, -0.25) is 4.79 Å². The molecule has 4 heteroatoms. The second-order valence-corrected chi connectivity index (χ2v) is 4.79. The van der Waals surface area contributed by atoms with E-state index in [0.717, 1.165) is 16.5 Å². The fourth-order valence-corrected chi connectivity index (χ4v) is 2.28. The Kier molecular flexibility index (Phi) is 3.39. The molecule has 0 aliphatic heterocycles. The van der Waals surface area contributed by atoms with E-state index in [9.17, 15) is 4.79 Å². The van der Waals surface area contributed by atoms with Gasteiger partial charge in [0.15, 0.2) is 0 Å². The molecule has 2 unspecified atom stereocenters. The SMILES string of the molecule is CC(CC(N)c1cn(C)c2ccccc12)C(=O)O. The van der Waals surface area contributed by atoms with E-state index >= 15 is 0 Å². The second-order valence-electron chi connectivity index (χ2n) is 4.79. The molecule has 1 aromatic carbocycles. The van der Waals surface area contributed by atoms with Crippen LogP contribution in [-0.4, -0.2) is 15.6 Å². The third-order valence-corrected chi connectivity index (χ3v) is 3.36. The summed E-state index contributed by atoms with van der Waals surface area (Å²) in [5.41, 5.74) is 8.27. The van der Waals surface area contributed by atoms with Crippen molar-refractivity contribution < 1.29 is 9.90 Å². The third kappa shape index (κ3) is 2.24. The van der Waals surface area contributed by atoms with E-state index in [4.69, 9.17) is 10.8 Å². The summed E-state index contributed by atoms with van der Waals surface area (Å²) < 4.78 is 2.02. The van der Waals surface area contributed by atoms with Crippen molar-refractivity contribution in [3.63, 3.8) is 0 Å². The predicted octanol–water partition coefficient (Wildman–Crippen LogP) is 2.29. The number of aliphatic carboxylic acids is 1. The summed E-state index contributed by atoms with van der Waals surface area (Å²) in [7, 11) is 1.97. The van der Waals surface area contributed by atoms with Crippen LogP contribution >= 0.6 is 0 Å². The quantitative estimate of drug-likeness (QED) is 0.869. The Morgan fingerprint density at radius 2 is 2.11 bits per heavy atom. The normalized spacial score (nSPS) is 14.6. The minimum atomic E-state index is -0.800. The lowest BCUT2D eigenvalue weighted by atomic mass is 9.96. The van der Waals surface area contributed by atoms with Crippen LogP contribution in [0.15, 0.2) is 30.5 Å². The lowest BCUT2D eigenvalue weighted by Crippen LogP contribution is -2.19. The number of benzene rings is 1. The smallest absolute Gasteiger partial charge is 0.306 e. The van der Waals surface area contributed by atoms with Crippen molar-refractivity contribution in [2.24, 2.45) is 18.7 Å². The summed E-state index contributed by atoms with van der Waals surface area (Å²) in [4.78, 5) is 10.9. The molecule has 1 heterocycles. The van der Waals surface area contributed by atoms with Gasteiger partial charge in [0.2, 0.25) is 0 Å². The molecule has 0 bridgehead atoms. The highest BCUT2D eigenvalue weighted by molar-refractivity contribution is 5.84. The number of rotatable bonds is 4. The Hall–Kier alpha value is -1.81. The van der Waals surface area contributed by atoms with Crippen LogP contribution in [0.25, 0.3) is 10.9 Å². The molecule has 0 radical (unpaired) electrons. The molecule has 3 N–H and O–H groups in total. The van der Waals surface area contributed by atoms with Crippen LogP contribution in [0.4, 0.5) is 0 Å². The number of carbonyl (C=O) groups is 1. The van der Waals surface area contributed by atoms with Gasteiger partial charge < -0.3 is 15.4 Å². The number of aromatic nitrogens is 1. The molecular weight excluding hydrogens is 228 g/mol. The number of fused-ring (bicyclic) bond motifs is 1. The highest BCUT2D eigenvalue weighted by atomic mass is 16.4. The molecule has 0 saturated carbocycles. The monoisotopic (exact) mass is 246 g/mol. The van der Waals surface area contributed by atoms with Gasteiger partial charge in [-0.25, -0.2) is 0 Å². The number of para-hydroxylation sites is 1. The van der Waals surface area contributed by atoms with E-state index in [1.165, 1.54) is 0 Å². The molecule has 96 valence electrons. The van der Waals surface area contributed by atoms with Gasteiger partial charge in [0.05, 0.1) is 5.92 Å². The van der Waals surface area contributed by atoms with Gasteiger partial charge in [-0.2, -0.15) is 0 Å². The molecule has 2 rings (SSSR count). The minimum absolute atomic E-state index is 0.248. The third-order valence-electron chi connectivity index (χ3n) is 3.36. The van der Waals surface area contributed by atoms with Gasteiger partial charge in [0.25, 0.3) is 0 Å². The number of aryl methyl sites for hydroxylation is 1. The van der Waals surface area contributed by atoms with E-state index < -0.39 is 11.9 Å². The second kappa shape index (κ2) is 4.82. The number of nitrogens with zero attached hydrogens (tertiary/aromatic N) is 1. The van der Waals surface area contributed by atoms with Crippen LogP contribution in [-0.2, 0) is 11.8 Å². The lowest BCUT2D eigenvalue weighted by molar-refractivity contribution is -0.141. The maximum absolute atomic E-state index is 10.9. The van der Waals surface area contributed by atoms with E-state index in [1.807, 2.05) is 42.1 Å². The minimum Gasteiger partial charge on any atom is -0.481 e. The largest absolute Gasteiger partial charge is 0.481 e. The Morgan fingerprint density at radius 3 is 2.78 bits per heavy atom. The number of carboxylic acids is 1. The Balaban J connectivity index is 2.33. The molecule has 0 fully saturated rings. The zero-order valence-corrected chi connectivity index (χ0v) is 10.6. The van der Waals surface area contributed by atoms with Crippen LogP contribution < -0.4 is 5.73 Å². The molecule has 0 amide bonds. The zero-order valence-electron chi connectivity index (χ0n) is 10.6. The van der Waals surface area contributed by atoms with E-state index in [1.54, 1.807) is 6.92 Å². The molecule has 1 aromatic heterocycles. The molecule has 4 nitrogen and oxygen atoms in total. The standard InChI is InChI=1S/C14H18N2O2/c1-9(14(17)18)7-12(15)11-8-16(2)13-6-4-3-5-10(11)13/h3-6,8-9,12H,7,15H2,1-2H3,(H,17,18). The average Bonchev–Trinajstić information content (AvgIpc) is 2.67. The average molecular weight is 246 g/mol. The van der Waals surface area contributed by atoms with Crippen molar-refractivity contribution in [1.29, 1.82) is 0 Å². The van der Waals surface area contributed by atoms with Gasteiger partial charge in [-0.05, 0) is 18.1 Å². The van der Waals surface area contributed by atoms with Crippen LogP contribution in [0.1, 0.15) is 24.9 Å². The van der Waals surface area contributed by atoms with Gasteiger partial charge in [-0.1, -0.05) is 25.1 Å². The maximum Gasteiger partial charge on any atom is 0.306 e. The molecule has 0 aliphatic carbocycles. The molecule has 0 aliphatic rings. The molecule has 2 atom stereocenters. The zero-order chi connectivity index (χ0) is 13.3. The van der Waals surface area contributed by atoms with E-state index in [2.05, 4.69) is 0 Å². The van der Waals surface area contributed by atoms with Gasteiger partial charge in [-0.15, -0.1) is 0 Å². The lowest BCUT2D eigenvalue weighted by Gasteiger charge is -2.13. The highest BCUT2D eigenvalue weighted by Crippen LogP contribution is 2.28. The molecule has 0 spiro atoms. The van der Waals surface area contributed by atoms with Crippen LogP contribution in [0.2, 0.25) is 0 Å². The van der Waals surface area contributed by atoms with Crippen LogP contribution in [0, 0.1) is 5.92 Å². The Labute approximate surface area is 106 Å². The number of hydrogen-bond donors (Lipinski definition) is 2. The van der Waals surface area contributed by atoms with E-state index in [-0.39, 0.29) is 6.04 Å². The summed E-state index contributed by atoms with van der Waals surface area (Å²) in [6.45, 7) is 1.69. The first-order valence-corrected chi connectivity index (χ1v) is 6.03. The number of nitrogens with two attached hydrogens (primary N) is 1. The van der Waals surface area contributed by atoms with Crippen molar-refractivity contribution in [3.8, 4) is 0 Å². The molecule has 0 saturated heterocycles. The molecule has 2 aromatic rings. The van der Waals surface area contributed by atoms with Gasteiger partial charge in [0, 0.05) is 30.2 Å². The number of carboxylic acid groups (broad SMARTS) is 1. The van der Waals surface area contributed by atoms with Crippen LogP contribution in [0.3, 0.4) is 0 Å². The summed E-state index contributed by atoms with van der Waals surface area (Å²) in [6, 6.07) is 7.76. The molecular formula is C14H18N2O2. The summed E-state index contributed by atoms with van der Waals surface area (Å²) in [6.07, 6.45) is 2.44. The van der Waals surface area contributed by atoms with E-state index in [0.29, 0.717) is 6.42 Å². The predicted molar refractivity (Wildman–Crippen MR) is 71.3 cm³/mol. The maximum atomic E-state index is 10.9. The fraction of sp³-hybridized carbons (Fsp3) is 0.357. The first kappa shape index (κ1) is 12.6. The topological polar surface area (TPSA) is 68.2 Å². The van der Waals surface area contributed by atoms with Crippen molar-refractivity contribution in [3.05, 3.63) is 36.0 Å². The van der Waals surface area contributed by atoms with Gasteiger partial charge >= 0.3 is 5.97 Å². The number of hydrogen-bond acceptors (Lipinski definition) is 2. The van der Waals surface area contributed by atoms with Gasteiger partial charge in [0.1, 0.15) is 0 Å². The van der Waals surface area contributed by atoms with Crippen molar-refractivity contribution in [1.82, 2.24) is 4.57 Å². The van der Waals surface area contributed by atoms with Crippen LogP contribution in [0.5, 0.6) is 0 Å². The fourth-order valence-electron chi connectivity index (χ4n) is 2.28. The first-order valence-electron chi connectivity index (χ1n) is 6.03. The van der Waals surface area contributed by atoms with Crippen molar-refractivity contribution >= 4 is 16.9 Å². The molecule has 18 heavy (non-hydrogen) atoms. The Morgan fingerprint density at radius 1 is 1.44 bits per heavy atom. The van der Waals surface area contributed by atoms with Crippen molar-refractivity contribution in [2.75, 3.05) is 0 Å². The summed E-state index contributed by atoms with van der Waals surface area (Å²) in [5.74, 6) is -1.23. The summed E-state index contributed by atoms with van der Waals surface area (Å²) >= 11 is 0. The first-order chi connectivity index (χ1) is 8.50. The summed E-state index contributed by atoms with van der Waals surface area (Å²) in [5, 5.41) is 10.0. The van der Waals surface area contributed by atoms with Crippen molar-refractivity contribution in [2.45, 2.75) is 19.4 Å². The highest BCUT2D eigenvalue weighted by Gasteiger charge is 2.19.